The molecule has 2 aliphatic rings. The average molecular weight is 246 g/mol. The van der Waals surface area contributed by atoms with E-state index in [4.69, 9.17) is 0 Å². The van der Waals surface area contributed by atoms with E-state index in [0.29, 0.717) is 5.82 Å². The summed E-state index contributed by atoms with van der Waals surface area (Å²) in [5.74, 6) is -1.39. The number of nitrogens with zero attached hydrogens (tertiary/aromatic N) is 2. The van der Waals surface area contributed by atoms with Gasteiger partial charge in [-0.2, -0.15) is 0 Å². The third-order valence-electron chi connectivity index (χ3n) is 4.09. The number of fused-ring (bicyclic) bond motifs is 2. The zero-order valence-corrected chi connectivity index (χ0v) is 9.98. The first kappa shape index (κ1) is 11.2. The molecule has 0 amide bonds. The lowest BCUT2D eigenvalue weighted by Crippen LogP contribution is -2.36. The van der Waals surface area contributed by atoms with E-state index in [1.165, 1.54) is 4.57 Å². The summed E-state index contributed by atoms with van der Waals surface area (Å²) in [5.41, 5.74) is 0. The maximum atomic E-state index is 12.5. The summed E-state index contributed by atoms with van der Waals surface area (Å²) in [6.07, 6.45) is 7.87. The summed E-state index contributed by atoms with van der Waals surface area (Å²) in [6, 6.07) is 0. The molecule has 5 heteroatoms. The van der Waals surface area contributed by atoms with Crippen molar-refractivity contribution in [3.63, 3.8) is 0 Å². The molecule has 0 unspecified atom stereocenters. The number of allylic oxidation sites excluding steroid dienone is 2. The second kappa shape index (κ2) is 3.80. The summed E-state index contributed by atoms with van der Waals surface area (Å²) in [5, 5.41) is 9.31. The highest BCUT2D eigenvalue weighted by Gasteiger charge is 2.52. The Morgan fingerprint density at radius 1 is 1.33 bits per heavy atom. The van der Waals surface area contributed by atoms with Gasteiger partial charge in [0.2, 0.25) is 5.91 Å². The molecule has 1 saturated carbocycles. The summed E-state index contributed by atoms with van der Waals surface area (Å²) < 4.78 is 1.47. The minimum absolute atomic E-state index is 0.00489. The average Bonchev–Trinajstić information content (AvgIpc) is 3.01. The fourth-order valence-electron chi connectivity index (χ4n) is 3.27. The quantitative estimate of drug-likeness (QED) is 0.799. The predicted molar refractivity (Wildman–Crippen MR) is 62.9 cm³/mol. The van der Waals surface area contributed by atoms with E-state index in [1.807, 2.05) is 12.2 Å². The van der Waals surface area contributed by atoms with Gasteiger partial charge in [-0.25, -0.2) is 4.98 Å². The Bertz CT molecular complexity index is 546. The SMILES string of the molecule is Cc1nccn1C(=O)[C@H]1[C@@H](C(=O)O)[C@H]2C=C[C@@H]1C2. The predicted octanol–water partition coefficient (Wildman–Crippen LogP) is 1.35. The molecule has 0 aliphatic heterocycles. The second-order valence-corrected chi connectivity index (χ2v) is 5.02. The van der Waals surface area contributed by atoms with Crippen molar-refractivity contribution < 1.29 is 14.7 Å². The molecule has 1 fully saturated rings. The summed E-state index contributed by atoms with van der Waals surface area (Å²) in [6.45, 7) is 1.75. The van der Waals surface area contributed by atoms with Crippen LogP contribution in [0, 0.1) is 30.6 Å². The third kappa shape index (κ3) is 1.43. The number of carbonyl (C=O) groups excluding carboxylic acids is 1. The lowest BCUT2D eigenvalue weighted by molar-refractivity contribution is -0.143. The molecule has 1 N–H and O–H groups in total. The fraction of sp³-hybridized carbons (Fsp3) is 0.462. The van der Waals surface area contributed by atoms with Crippen molar-refractivity contribution in [3.05, 3.63) is 30.4 Å². The van der Waals surface area contributed by atoms with Gasteiger partial charge in [-0.05, 0) is 25.2 Å². The molecular formula is C13H14N2O3. The number of carboxylic acid groups (broad SMARTS) is 1. The topological polar surface area (TPSA) is 72.2 Å². The summed E-state index contributed by atoms with van der Waals surface area (Å²) >= 11 is 0. The number of carboxylic acids is 1. The van der Waals surface area contributed by atoms with Crippen LogP contribution in [0.5, 0.6) is 0 Å². The molecule has 1 heterocycles. The second-order valence-electron chi connectivity index (χ2n) is 5.02. The minimum Gasteiger partial charge on any atom is -0.481 e. The molecule has 5 nitrogen and oxygen atoms in total. The van der Waals surface area contributed by atoms with Crippen molar-refractivity contribution in [1.82, 2.24) is 9.55 Å². The molecule has 1 aromatic rings. The standard InChI is InChI=1S/C13H14N2O3/c1-7-14-4-5-15(7)12(16)10-8-2-3-9(6-8)11(10)13(17)18/h2-5,8-11H,6H2,1H3,(H,17,18)/t8-,9+,10-,11+/m1/s1. The van der Waals surface area contributed by atoms with E-state index in [1.54, 1.807) is 19.3 Å². The van der Waals surface area contributed by atoms with Gasteiger partial charge < -0.3 is 5.11 Å². The normalized spacial score (nSPS) is 32.9. The third-order valence-corrected chi connectivity index (χ3v) is 4.09. The van der Waals surface area contributed by atoms with Crippen LogP contribution in [-0.2, 0) is 4.79 Å². The monoisotopic (exact) mass is 246 g/mol. The van der Waals surface area contributed by atoms with Gasteiger partial charge in [-0.3, -0.25) is 14.2 Å². The van der Waals surface area contributed by atoms with Crippen molar-refractivity contribution in [2.75, 3.05) is 0 Å². The Labute approximate surface area is 104 Å². The van der Waals surface area contributed by atoms with E-state index in [0.717, 1.165) is 6.42 Å². The molecule has 0 radical (unpaired) electrons. The van der Waals surface area contributed by atoms with Crippen molar-refractivity contribution in [2.45, 2.75) is 13.3 Å². The first-order valence-corrected chi connectivity index (χ1v) is 6.05. The van der Waals surface area contributed by atoms with Gasteiger partial charge in [0, 0.05) is 12.4 Å². The van der Waals surface area contributed by atoms with E-state index in [-0.39, 0.29) is 17.7 Å². The van der Waals surface area contributed by atoms with Crippen LogP contribution >= 0.6 is 0 Å². The highest BCUT2D eigenvalue weighted by atomic mass is 16.4. The Morgan fingerprint density at radius 2 is 2.00 bits per heavy atom. The van der Waals surface area contributed by atoms with E-state index < -0.39 is 17.8 Å². The molecule has 0 aromatic carbocycles. The Balaban J connectivity index is 1.96. The maximum absolute atomic E-state index is 12.5. The van der Waals surface area contributed by atoms with Gasteiger partial charge in [0.15, 0.2) is 0 Å². The van der Waals surface area contributed by atoms with Crippen LogP contribution in [0.15, 0.2) is 24.5 Å². The first-order chi connectivity index (χ1) is 8.59. The number of hydrogen-bond donors (Lipinski definition) is 1. The Kier molecular flexibility index (Phi) is 2.36. The van der Waals surface area contributed by atoms with Crippen LogP contribution < -0.4 is 0 Å². The van der Waals surface area contributed by atoms with Crippen LogP contribution in [0.3, 0.4) is 0 Å². The molecule has 94 valence electrons. The zero-order chi connectivity index (χ0) is 12.9. The number of rotatable bonds is 2. The lowest BCUT2D eigenvalue weighted by Gasteiger charge is -2.23. The summed E-state index contributed by atoms with van der Waals surface area (Å²) in [7, 11) is 0. The van der Waals surface area contributed by atoms with Crippen molar-refractivity contribution >= 4 is 11.9 Å². The Hall–Kier alpha value is -1.91. The number of hydrogen-bond acceptors (Lipinski definition) is 3. The van der Waals surface area contributed by atoms with Gasteiger partial charge >= 0.3 is 5.97 Å². The van der Waals surface area contributed by atoms with Crippen LogP contribution in [0.2, 0.25) is 0 Å². The molecule has 2 aliphatic carbocycles. The lowest BCUT2D eigenvalue weighted by atomic mass is 9.82. The molecule has 18 heavy (non-hydrogen) atoms. The minimum atomic E-state index is -0.872. The van der Waals surface area contributed by atoms with Gasteiger partial charge in [-0.15, -0.1) is 0 Å². The zero-order valence-electron chi connectivity index (χ0n) is 9.98. The van der Waals surface area contributed by atoms with Gasteiger partial charge in [-0.1, -0.05) is 12.2 Å². The maximum Gasteiger partial charge on any atom is 0.307 e. The molecular weight excluding hydrogens is 232 g/mol. The number of aromatic nitrogens is 2. The summed E-state index contributed by atoms with van der Waals surface area (Å²) in [4.78, 5) is 27.8. The largest absolute Gasteiger partial charge is 0.481 e. The van der Waals surface area contributed by atoms with Crippen LogP contribution in [0.25, 0.3) is 0 Å². The van der Waals surface area contributed by atoms with Crippen molar-refractivity contribution in [2.24, 2.45) is 23.7 Å². The molecule has 1 aromatic heterocycles. The van der Waals surface area contributed by atoms with E-state index >= 15 is 0 Å². The molecule has 0 saturated heterocycles. The van der Waals surface area contributed by atoms with E-state index in [9.17, 15) is 14.7 Å². The molecule has 4 atom stereocenters. The van der Waals surface area contributed by atoms with Crippen molar-refractivity contribution in [3.8, 4) is 0 Å². The number of carbonyl (C=O) groups is 2. The van der Waals surface area contributed by atoms with Gasteiger partial charge in [0.25, 0.3) is 0 Å². The first-order valence-electron chi connectivity index (χ1n) is 6.05. The highest BCUT2D eigenvalue weighted by molar-refractivity contribution is 5.88. The van der Waals surface area contributed by atoms with Crippen LogP contribution in [-0.4, -0.2) is 26.5 Å². The molecule has 3 rings (SSSR count). The van der Waals surface area contributed by atoms with Gasteiger partial charge in [0.05, 0.1) is 11.8 Å². The van der Waals surface area contributed by atoms with Crippen molar-refractivity contribution in [1.29, 1.82) is 0 Å². The van der Waals surface area contributed by atoms with Gasteiger partial charge in [0.1, 0.15) is 5.82 Å². The molecule has 0 spiro atoms. The Morgan fingerprint density at radius 3 is 2.56 bits per heavy atom. The number of imidazole rings is 1. The smallest absolute Gasteiger partial charge is 0.307 e. The number of aliphatic carboxylic acids is 1. The fourth-order valence-corrected chi connectivity index (χ4v) is 3.27. The highest BCUT2D eigenvalue weighted by Crippen LogP contribution is 2.48. The van der Waals surface area contributed by atoms with Crippen LogP contribution in [0.4, 0.5) is 0 Å². The number of aryl methyl sites for hydroxylation is 1. The van der Waals surface area contributed by atoms with E-state index in [2.05, 4.69) is 4.98 Å². The van der Waals surface area contributed by atoms with Crippen LogP contribution in [0.1, 0.15) is 17.0 Å². The molecule has 2 bridgehead atoms.